The zero-order valence-corrected chi connectivity index (χ0v) is 37.9. The van der Waals surface area contributed by atoms with E-state index < -0.39 is 0 Å². The van der Waals surface area contributed by atoms with Crippen LogP contribution < -0.4 is 0 Å². The first kappa shape index (κ1) is 38.6. The summed E-state index contributed by atoms with van der Waals surface area (Å²) in [6.45, 7) is 0. The maximum atomic E-state index is 5.28. The van der Waals surface area contributed by atoms with Crippen molar-refractivity contribution in [3.63, 3.8) is 0 Å². The van der Waals surface area contributed by atoms with Crippen molar-refractivity contribution in [2.45, 2.75) is 0 Å². The smallest absolute Gasteiger partial charge is 0.0787 e. The third-order valence-electron chi connectivity index (χ3n) is 14.6. The number of nitrogens with zero attached hydrogens (tertiary/aromatic N) is 5. The Morgan fingerprint density at radius 3 is 1.30 bits per heavy atom. The lowest BCUT2D eigenvalue weighted by Gasteiger charge is -2.23. The minimum absolute atomic E-state index is 0.955. The topological polar surface area (TPSA) is 32.6 Å². The van der Waals surface area contributed by atoms with Crippen LogP contribution >= 0.6 is 0 Å². The number of hydrogen-bond donors (Lipinski definition) is 0. The molecular weight excluding hydrogens is 851 g/mol. The molecule has 0 atom stereocenters. The second-order valence-electron chi connectivity index (χ2n) is 18.3. The van der Waals surface area contributed by atoms with Crippen LogP contribution in [0.3, 0.4) is 0 Å². The Morgan fingerprint density at radius 2 is 0.671 bits per heavy atom. The van der Waals surface area contributed by atoms with Gasteiger partial charge in [-0.15, -0.1) is 0 Å². The first-order chi connectivity index (χ1) is 34.8. The van der Waals surface area contributed by atoms with Crippen molar-refractivity contribution in [1.82, 2.24) is 23.3 Å². The number of hydrogen-bond acceptors (Lipinski definition) is 1. The van der Waals surface area contributed by atoms with Gasteiger partial charge in [0, 0.05) is 61.0 Å². The summed E-state index contributed by atoms with van der Waals surface area (Å²) < 4.78 is 9.78. The van der Waals surface area contributed by atoms with Gasteiger partial charge < -0.3 is 18.3 Å². The van der Waals surface area contributed by atoms with Crippen molar-refractivity contribution < 1.29 is 0 Å². The van der Waals surface area contributed by atoms with Crippen LogP contribution in [0.1, 0.15) is 0 Å². The van der Waals surface area contributed by atoms with Gasteiger partial charge in [-0.2, -0.15) is 0 Å². The van der Waals surface area contributed by atoms with Crippen LogP contribution in [0, 0.1) is 0 Å². The molecule has 0 N–H and O–H groups in total. The van der Waals surface area contributed by atoms with Crippen molar-refractivity contribution in [2.75, 3.05) is 0 Å². The minimum Gasteiger partial charge on any atom is -0.309 e. The van der Waals surface area contributed by atoms with Gasteiger partial charge in [0.05, 0.1) is 55.3 Å². The Bertz CT molecular complexity index is 4650. The fourth-order valence-corrected chi connectivity index (χ4v) is 11.7. The van der Waals surface area contributed by atoms with E-state index in [1.807, 2.05) is 6.20 Å². The van der Waals surface area contributed by atoms with E-state index in [0.717, 1.165) is 93.7 Å². The molecule has 0 aliphatic rings. The van der Waals surface area contributed by atoms with E-state index in [1.54, 1.807) is 0 Å². The number of aromatic nitrogens is 5. The van der Waals surface area contributed by atoms with Crippen molar-refractivity contribution in [1.29, 1.82) is 0 Å². The number of para-hydroxylation sites is 7. The van der Waals surface area contributed by atoms with Crippen LogP contribution in [0.5, 0.6) is 0 Å². The molecule has 0 fully saturated rings. The van der Waals surface area contributed by atoms with Gasteiger partial charge in [-0.05, 0) is 119 Å². The molecule has 11 aromatic carbocycles. The number of pyridine rings is 1. The quantitative estimate of drug-likeness (QED) is 0.162. The molecule has 326 valence electrons. The molecule has 0 aliphatic carbocycles. The zero-order valence-electron chi connectivity index (χ0n) is 37.9. The lowest BCUT2D eigenvalue weighted by atomic mass is 9.94. The summed E-state index contributed by atoms with van der Waals surface area (Å²) >= 11 is 0. The Kier molecular flexibility index (Phi) is 8.29. The van der Waals surface area contributed by atoms with Crippen molar-refractivity contribution in [3.8, 4) is 22.7 Å². The summed E-state index contributed by atoms with van der Waals surface area (Å²) in [4.78, 5) is 5.28. The molecule has 0 saturated heterocycles. The maximum absolute atomic E-state index is 5.28. The molecular formula is C65H41N5. The molecule has 5 nitrogen and oxygen atoms in total. The Hall–Kier alpha value is -9.45. The predicted molar refractivity (Wildman–Crippen MR) is 294 cm³/mol. The standard InChI is InChI=1S/C65H41N5/c1-3-19-42(20-4-1)67-59-33-15-16-34-60(59)68(43-21-5-2-6-22-43)63-41-54-52(40-62(63)67)50-28-17-35-61(64(50)49-27-8-7-23-45(49)51-29-18-38-66-65(51)54)70-57-32-14-11-26-48(57)53-39-44(36-37-58(53)70)69-55-30-12-9-24-46(55)47-25-10-13-31-56(47)69/h1-41H. The highest BCUT2D eigenvalue weighted by atomic mass is 15.1. The van der Waals surface area contributed by atoms with Crippen LogP contribution in [0.2, 0.25) is 0 Å². The Balaban J connectivity index is 1.12. The summed E-state index contributed by atoms with van der Waals surface area (Å²) in [7, 11) is 0. The van der Waals surface area contributed by atoms with Gasteiger partial charge in [0.15, 0.2) is 0 Å². The van der Waals surface area contributed by atoms with Crippen LogP contribution in [0.15, 0.2) is 249 Å². The van der Waals surface area contributed by atoms with E-state index in [0.29, 0.717) is 0 Å². The van der Waals surface area contributed by atoms with Gasteiger partial charge in [0.2, 0.25) is 0 Å². The average molecular weight is 892 g/mol. The molecule has 0 amide bonds. The second kappa shape index (κ2) is 15.0. The van der Waals surface area contributed by atoms with E-state index in [9.17, 15) is 0 Å². The summed E-state index contributed by atoms with van der Waals surface area (Å²) in [6.07, 6.45) is 1.94. The van der Waals surface area contributed by atoms with Crippen LogP contribution in [0.4, 0.5) is 0 Å². The maximum Gasteiger partial charge on any atom is 0.0787 e. The average Bonchev–Trinajstić information content (AvgIpc) is 3.94. The molecule has 0 aliphatic heterocycles. The fraction of sp³-hybridized carbons (Fsp3) is 0. The van der Waals surface area contributed by atoms with E-state index >= 15 is 0 Å². The van der Waals surface area contributed by atoms with Crippen molar-refractivity contribution in [3.05, 3.63) is 249 Å². The lowest BCUT2D eigenvalue weighted by molar-refractivity contribution is 1.09. The third kappa shape index (κ3) is 5.51. The van der Waals surface area contributed by atoms with Gasteiger partial charge in [-0.1, -0.05) is 146 Å². The van der Waals surface area contributed by atoms with Gasteiger partial charge in [-0.25, -0.2) is 0 Å². The largest absolute Gasteiger partial charge is 0.309 e. The molecule has 0 spiro atoms. The van der Waals surface area contributed by atoms with Crippen molar-refractivity contribution in [2.24, 2.45) is 0 Å². The van der Waals surface area contributed by atoms with Crippen LogP contribution in [-0.4, -0.2) is 23.3 Å². The predicted octanol–water partition coefficient (Wildman–Crippen LogP) is 16.9. The first-order valence-corrected chi connectivity index (χ1v) is 24.0. The van der Waals surface area contributed by atoms with Gasteiger partial charge in [0.1, 0.15) is 0 Å². The Labute approximate surface area is 401 Å². The molecule has 5 heteroatoms. The number of rotatable bonds is 4. The molecule has 4 aromatic heterocycles. The van der Waals surface area contributed by atoms with E-state index in [4.69, 9.17) is 4.98 Å². The van der Waals surface area contributed by atoms with Gasteiger partial charge >= 0.3 is 0 Å². The minimum atomic E-state index is 0.955. The number of benzene rings is 10. The summed E-state index contributed by atoms with van der Waals surface area (Å²) in [5.41, 5.74) is 14.5. The highest BCUT2D eigenvalue weighted by molar-refractivity contribution is 6.28. The van der Waals surface area contributed by atoms with Crippen LogP contribution in [0.25, 0.3) is 132 Å². The molecule has 15 rings (SSSR count). The summed E-state index contributed by atoms with van der Waals surface area (Å²) in [5.74, 6) is 0. The Morgan fingerprint density at radius 1 is 0.229 bits per heavy atom. The van der Waals surface area contributed by atoms with E-state index in [2.05, 4.69) is 261 Å². The second-order valence-corrected chi connectivity index (χ2v) is 18.3. The van der Waals surface area contributed by atoms with E-state index in [1.165, 1.54) is 38.0 Å². The lowest BCUT2D eigenvalue weighted by Crippen LogP contribution is -2.08. The molecule has 0 unspecified atom stereocenters. The zero-order chi connectivity index (χ0) is 45.9. The van der Waals surface area contributed by atoms with Gasteiger partial charge in [0.25, 0.3) is 0 Å². The molecule has 15 aromatic rings. The summed E-state index contributed by atoms with van der Waals surface area (Å²) in [5, 5.41) is 12.8. The highest BCUT2D eigenvalue weighted by Crippen LogP contribution is 2.43. The molecule has 0 bridgehead atoms. The highest BCUT2D eigenvalue weighted by Gasteiger charge is 2.21. The SMILES string of the molecule is c1ccc(-n2c3ccccc3n(-c3ccccc3)c3cc4c(cc32)c2cccc(-n3c5ccccc5c5cc(-n6c7ccccc7c7ccccc76)ccc53)c2c2ccccc2c2cccnc24)cc1. The first-order valence-electron chi connectivity index (χ1n) is 24.0. The summed E-state index contributed by atoms with van der Waals surface area (Å²) in [6, 6.07) is 88.7. The normalized spacial score (nSPS) is 12.0. The molecule has 4 heterocycles. The number of fused-ring (bicyclic) bond motifs is 16. The molecule has 0 saturated carbocycles. The molecule has 70 heavy (non-hydrogen) atoms. The fourth-order valence-electron chi connectivity index (χ4n) is 11.7. The third-order valence-corrected chi connectivity index (χ3v) is 14.6. The molecule has 0 radical (unpaired) electrons. The van der Waals surface area contributed by atoms with E-state index in [-0.39, 0.29) is 0 Å². The van der Waals surface area contributed by atoms with Gasteiger partial charge in [-0.3, -0.25) is 4.98 Å². The monoisotopic (exact) mass is 891 g/mol. The van der Waals surface area contributed by atoms with Crippen molar-refractivity contribution >= 4 is 109 Å². The van der Waals surface area contributed by atoms with Crippen LogP contribution in [-0.2, 0) is 0 Å².